The van der Waals surface area contributed by atoms with Gasteiger partial charge in [0.25, 0.3) is 0 Å². The third kappa shape index (κ3) is 4.95. The zero-order valence-corrected chi connectivity index (χ0v) is 13.8. The van der Waals surface area contributed by atoms with Crippen molar-refractivity contribution in [2.24, 2.45) is 0 Å². The fourth-order valence-corrected chi connectivity index (χ4v) is 2.77. The van der Waals surface area contributed by atoms with Gasteiger partial charge in [-0.25, -0.2) is 0 Å². The Bertz CT molecular complexity index is 434. The smallest absolute Gasteiger partial charge is 0.169 e. The number of hydrogen-bond donors (Lipinski definition) is 2. The minimum atomic E-state index is 0.280. The van der Waals surface area contributed by atoms with Gasteiger partial charge in [-0.1, -0.05) is 30.3 Å². The van der Waals surface area contributed by atoms with Crippen molar-refractivity contribution in [2.75, 3.05) is 46.4 Å². The van der Waals surface area contributed by atoms with E-state index in [2.05, 4.69) is 48.5 Å². The number of thiocarbonyl (C=S) groups is 1. The third-order valence-electron chi connectivity index (χ3n) is 4.14. The molecule has 2 N–H and O–H groups in total. The van der Waals surface area contributed by atoms with Gasteiger partial charge in [-0.3, -0.25) is 0 Å². The summed E-state index contributed by atoms with van der Waals surface area (Å²) < 4.78 is 5.37. The first-order valence-electron chi connectivity index (χ1n) is 7.65. The standard InChI is InChI=1S/C16H25N3OS/c1-14(15-6-4-3-5-7-15)18(2)16(21)17-8-9-19-10-12-20-13-11-19/h3-7,14H,8-13H2,1-2H3,(H,17,21)/p+1/t14-/m0/s1. The van der Waals surface area contributed by atoms with Gasteiger partial charge in [0, 0.05) is 7.05 Å². The van der Waals surface area contributed by atoms with E-state index in [1.807, 2.05) is 6.07 Å². The highest BCUT2D eigenvalue weighted by atomic mass is 32.1. The Kier molecular flexibility index (Phi) is 6.42. The molecule has 116 valence electrons. The largest absolute Gasteiger partial charge is 0.370 e. The SMILES string of the molecule is C[C@@H](c1ccccc1)N(C)C(=S)NCC[NH+]1CCOCC1. The Labute approximate surface area is 133 Å². The molecule has 0 saturated carbocycles. The van der Waals surface area contributed by atoms with Crippen LogP contribution in [0, 0.1) is 0 Å². The van der Waals surface area contributed by atoms with E-state index in [9.17, 15) is 0 Å². The second-order valence-electron chi connectivity index (χ2n) is 5.54. The van der Waals surface area contributed by atoms with Gasteiger partial charge in [-0.15, -0.1) is 0 Å². The van der Waals surface area contributed by atoms with Crippen LogP contribution >= 0.6 is 12.2 Å². The van der Waals surface area contributed by atoms with Crippen molar-refractivity contribution < 1.29 is 9.64 Å². The summed E-state index contributed by atoms with van der Waals surface area (Å²) in [6.45, 7) is 8.15. The molecule has 1 atom stereocenters. The minimum Gasteiger partial charge on any atom is -0.370 e. The molecule has 5 heteroatoms. The molecule has 0 aliphatic carbocycles. The van der Waals surface area contributed by atoms with E-state index in [0.717, 1.165) is 44.5 Å². The first kappa shape index (κ1) is 16.2. The Morgan fingerprint density at radius 3 is 2.67 bits per heavy atom. The maximum Gasteiger partial charge on any atom is 0.169 e. The van der Waals surface area contributed by atoms with Crippen LogP contribution in [0.15, 0.2) is 30.3 Å². The van der Waals surface area contributed by atoms with Crippen molar-refractivity contribution in [1.82, 2.24) is 10.2 Å². The van der Waals surface area contributed by atoms with Crippen LogP contribution in [0.2, 0.25) is 0 Å². The van der Waals surface area contributed by atoms with Crippen LogP contribution < -0.4 is 10.2 Å². The summed E-state index contributed by atoms with van der Waals surface area (Å²) in [6, 6.07) is 10.7. The van der Waals surface area contributed by atoms with E-state index < -0.39 is 0 Å². The number of nitrogens with zero attached hydrogens (tertiary/aromatic N) is 1. The molecule has 1 aliphatic heterocycles. The molecule has 1 saturated heterocycles. The summed E-state index contributed by atoms with van der Waals surface area (Å²) in [4.78, 5) is 3.72. The van der Waals surface area contributed by atoms with Crippen molar-refractivity contribution >= 4 is 17.3 Å². The number of morpholine rings is 1. The minimum absolute atomic E-state index is 0.280. The van der Waals surface area contributed by atoms with Crippen LogP contribution in [0.3, 0.4) is 0 Å². The van der Waals surface area contributed by atoms with Crippen molar-refractivity contribution in [3.8, 4) is 0 Å². The molecular weight excluding hydrogens is 282 g/mol. The first-order chi connectivity index (χ1) is 10.2. The summed E-state index contributed by atoms with van der Waals surface area (Å²) in [5, 5.41) is 4.19. The molecule has 2 rings (SSSR count). The van der Waals surface area contributed by atoms with Crippen LogP contribution in [0.4, 0.5) is 0 Å². The monoisotopic (exact) mass is 308 g/mol. The topological polar surface area (TPSA) is 28.9 Å². The molecule has 1 heterocycles. The van der Waals surface area contributed by atoms with E-state index >= 15 is 0 Å². The Morgan fingerprint density at radius 1 is 1.33 bits per heavy atom. The highest BCUT2D eigenvalue weighted by molar-refractivity contribution is 7.80. The van der Waals surface area contributed by atoms with E-state index in [0.29, 0.717) is 0 Å². The number of benzene rings is 1. The Hall–Kier alpha value is -1.17. The third-order valence-corrected chi connectivity index (χ3v) is 4.57. The average Bonchev–Trinajstić information content (AvgIpc) is 2.55. The quantitative estimate of drug-likeness (QED) is 0.774. The number of ether oxygens (including phenoxy) is 1. The number of rotatable bonds is 5. The molecule has 0 amide bonds. The van der Waals surface area contributed by atoms with E-state index in [1.54, 1.807) is 4.90 Å². The predicted octanol–water partition coefficient (Wildman–Crippen LogP) is 0.469. The van der Waals surface area contributed by atoms with Gasteiger partial charge in [0.2, 0.25) is 0 Å². The molecule has 0 aromatic heterocycles. The fourth-order valence-electron chi connectivity index (χ4n) is 2.51. The average molecular weight is 308 g/mol. The van der Waals surface area contributed by atoms with Gasteiger partial charge in [-0.2, -0.15) is 0 Å². The molecule has 1 fully saturated rings. The highest BCUT2D eigenvalue weighted by Crippen LogP contribution is 2.17. The lowest BCUT2D eigenvalue weighted by Gasteiger charge is -2.29. The van der Waals surface area contributed by atoms with E-state index in [1.165, 1.54) is 5.56 Å². The van der Waals surface area contributed by atoms with Gasteiger partial charge in [0.15, 0.2) is 5.11 Å². The Morgan fingerprint density at radius 2 is 2.00 bits per heavy atom. The van der Waals surface area contributed by atoms with Crippen LogP contribution in [0.25, 0.3) is 0 Å². The zero-order chi connectivity index (χ0) is 15.1. The van der Waals surface area contributed by atoms with Gasteiger partial charge in [-0.05, 0) is 24.7 Å². The number of hydrogen-bond acceptors (Lipinski definition) is 2. The van der Waals surface area contributed by atoms with Crippen molar-refractivity contribution in [3.63, 3.8) is 0 Å². The van der Waals surface area contributed by atoms with Gasteiger partial charge in [0.05, 0.1) is 32.3 Å². The van der Waals surface area contributed by atoms with E-state index in [4.69, 9.17) is 17.0 Å². The molecule has 0 bridgehead atoms. The van der Waals surface area contributed by atoms with Gasteiger partial charge in [0.1, 0.15) is 13.1 Å². The summed E-state index contributed by atoms with van der Waals surface area (Å²) >= 11 is 5.50. The van der Waals surface area contributed by atoms with Crippen molar-refractivity contribution in [2.45, 2.75) is 13.0 Å². The van der Waals surface area contributed by atoms with Crippen LogP contribution in [0.5, 0.6) is 0 Å². The molecule has 1 aromatic rings. The number of quaternary nitrogens is 1. The molecular formula is C16H26N3OS+. The van der Waals surface area contributed by atoms with Crippen molar-refractivity contribution in [1.29, 1.82) is 0 Å². The predicted molar refractivity (Wildman–Crippen MR) is 89.6 cm³/mol. The zero-order valence-electron chi connectivity index (χ0n) is 13.0. The molecule has 0 radical (unpaired) electrons. The van der Waals surface area contributed by atoms with Crippen molar-refractivity contribution in [3.05, 3.63) is 35.9 Å². The van der Waals surface area contributed by atoms with Gasteiger partial charge >= 0.3 is 0 Å². The maximum absolute atomic E-state index is 5.50. The van der Waals surface area contributed by atoms with E-state index in [-0.39, 0.29) is 6.04 Å². The van der Waals surface area contributed by atoms with Crippen LogP contribution in [0.1, 0.15) is 18.5 Å². The molecule has 1 aromatic carbocycles. The Balaban J connectivity index is 1.74. The second kappa shape index (κ2) is 8.32. The lowest BCUT2D eigenvalue weighted by atomic mass is 10.1. The fraction of sp³-hybridized carbons (Fsp3) is 0.562. The molecule has 1 aliphatic rings. The summed E-state index contributed by atoms with van der Waals surface area (Å²) in [5.74, 6) is 0. The normalized spacial score (nSPS) is 17.2. The molecule has 4 nitrogen and oxygen atoms in total. The summed E-state index contributed by atoms with van der Waals surface area (Å²) in [6.07, 6.45) is 0. The highest BCUT2D eigenvalue weighted by Gasteiger charge is 2.16. The molecule has 0 unspecified atom stereocenters. The summed E-state index contributed by atoms with van der Waals surface area (Å²) in [5.41, 5.74) is 1.28. The first-order valence-corrected chi connectivity index (χ1v) is 8.06. The molecule has 0 spiro atoms. The second-order valence-corrected chi connectivity index (χ2v) is 5.93. The van der Waals surface area contributed by atoms with Gasteiger partial charge < -0.3 is 19.9 Å². The lowest BCUT2D eigenvalue weighted by molar-refractivity contribution is -0.906. The lowest BCUT2D eigenvalue weighted by Crippen LogP contribution is -3.14. The van der Waals surface area contributed by atoms with Crippen LogP contribution in [-0.2, 0) is 4.74 Å². The summed E-state index contributed by atoms with van der Waals surface area (Å²) in [7, 11) is 2.05. The maximum atomic E-state index is 5.50. The molecule has 21 heavy (non-hydrogen) atoms. The van der Waals surface area contributed by atoms with Crippen LogP contribution in [-0.4, -0.2) is 56.5 Å². The number of nitrogens with one attached hydrogen (secondary N) is 2.